The average Bonchev–Trinajstić information content (AvgIpc) is 2.33. The van der Waals surface area contributed by atoms with Crippen molar-refractivity contribution in [3.63, 3.8) is 0 Å². The highest BCUT2D eigenvalue weighted by Gasteiger charge is 2.06. The molecule has 0 bridgehead atoms. The highest BCUT2D eigenvalue weighted by molar-refractivity contribution is 9.10. The molecule has 88 valence electrons. The number of benzene rings is 2. The van der Waals surface area contributed by atoms with E-state index in [-0.39, 0.29) is 5.82 Å². The molecule has 0 radical (unpaired) electrons. The van der Waals surface area contributed by atoms with Crippen molar-refractivity contribution in [2.45, 2.75) is 5.33 Å². The van der Waals surface area contributed by atoms with Gasteiger partial charge in [0.1, 0.15) is 17.3 Å². The first-order valence-corrected chi connectivity index (χ1v) is 6.89. The summed E-state index contributed by atoms with van der Waals surface area (Å²) in [5.74, 6) is 1.06. The van der Waals surface area contributed by atoms with Gasteiger partial charge in [-0.3, -0.25) is 0 Å². The van der Waals surface area contributed by atoms with E-state index in [0.717, 1.165) is 11.3 Å². The predicted octanol–water partition coefficient (Wildman–Crippen LogP) is 5.28. The number of rotatable bonds is 3. The highest BCUT2D eigenvalue weighted by atomic mass is 79.9. The number of ether oxygens (including phenoxy) is 1. The normalized spacial score (nSPS) is 10.3. The Labute approximate surface area is 116 Å². The van der Waals surface area contributed by atoms with Crippen molar-refractivity contribution >= 4 is 31.9 Å². The van der Waals surface area contributed by atoms with Crippen LogP contribution in [0, 0.1) is 5.82 Å². The Hall–Kier alpha value is -0.870. The van der Waals surface area contributed by atoms with Crippen LogP contribution in [0.25, 0.3) is 0 Å². The lowest BCUT2D eigenvalue weighted by molar-refractivity contribution is 0.473. The molecule has 0 aliphatic carbocycles. The molecular formula is C13H9Br2FO. The Kier molecular flexibility index (Phi) is 4.18. The molecule has 2 aromatic carbocycles. The first-order valence-electron chi connectivity index (χ1n) is 4.97. The van der Waals surface area contributed by atoms with Crippen LogP contribution < -0.4 is 4.74 Å². The summed E-state index contributed by atoms with van der Waals surface area (Å²) in [6, 6.07) is 12.1. The monoisotopic (exact) mass is 358 g/mol. The lowest BCUT2D eigenvalue weighted by atomic mass is 10.2. The molecule has 0 N–H and O–H groups in total. The van der Waals surface area contributed by atoms with Crippen molar-refractivity contribution in [2.24, 2.45) is 0 Å². The third kappa shape index (κ3) is 3.07. The molecule has 0 unspecified atom stereocenters. The Balaban J connectivity index is 2.31. The minimum atomic E-state index is -0.294. The molecule has 0 aromatic heterocycles. The molecule has 0 aliphatic heterocycles. The maximum Gasteiger partial charge on any atom is 0.141 e. The first-order chi connectivity index (χ1) is 8.20. The van der Waals surface area contributed by atoms with Crippen LogP contribution in [-0.4, -0.2) is 0 Å². The molecule has 0 heterocycles. The van der Waals surface area contributed by atoms with Crippen LogP contribution >= 0.6 is 31.9 Å². The molecule has 0 spiro atoms. The van der Waals surface area contributed by atoms with E-state index in [1.807, 2.05) is 24.3 Å². The van der Waals surface area contributed by atoms with E-state index < -0.39 is 0 Å². The Morgan fingerprint density at radius 2 is 1.82 bits per heavy atom. The second kappa shape index (κ2) is 5.65. The molecule has 0 saturated carbocycles. The summed E-state index contributed by atoms with van der Waals surface area (Å²) in [4.78, 5) is 0. The summed E-state index contributed by atoms with van der Waals surface area (Å²) in [6.45, 7) is 0. The summed E-state index contributed by atoms with van der Waals surface area (Å²) in [5, 5.41) is 0.710. The molecule has 0 atom stereocenters. The number of halogens is 3. The average molecular weight is 360 g/mol. The van der Waals surface area contributed by atoms with E-state index in [1.54, 1.807) is 6.07 Å². The lowest BCUT2D eigenvalue weighted by Crippen LogP contribution is -1.90. The summed E-state index contributed by atoms with van der Waals surface area (Å²) in [6.07, 6.45) is 0. The Morgan fingerprint density at radius 3 is 2.53 bits per heavy atom. The van der Waals surface area contributed by atoms with Crippen LogP contribution in [0.4, 0.5) is 4.39 Å². The van der Waals surface area contributed by atoms with Gasteiger partial charge < -0.3 is 4.74 Å². The number of hydrogen-bond acceptors (Lipinski definition) is 1. The molecule has 0 saturated heterocycles. The van der Waals surface area contributed by atoms with Crippen molar-refractivity contribution in [1.29, 1.82) is 0 Å². The van der Waals surface area contributed by atoms with Gasteiger partial charge in [-0.05, 0) is 40.2 Å². The second-order valence-electron chi connectivity index (χ2n) is 3.42. The lowest BCUT2D eigenvalue weighted by Gasteiger charge is -2.10. The van der Waals surface area contributed by atoms with Crippen LogP contribution in [0.3, 0.4) is 0 Å². The quantitative estimate of drug-likeness (QED) is 0.678. The molecule has 0 aliphatic rings. The van der Waals surface area contributed by atoms with Gasteiger partial charge in [-0.1, -0.05) is 34.1 Å². The van der Waals surface area contributed by atoms with Crippen molar-refractivity contribution in [2.75, 3.05) is 0 Å². The van der Waals surface area contributed by atoms with Crippen LogP contribution in [0.15, 0.2) is 46.9 Å². The van der Waals surface area contributed by atoms with Gasteiger partial charge >= 0.3 is 0 Å². The first kappa shape index (κ1) is 12.6. The fourth-order valence-electron chi connectivity index (χ4n) is 1.39. The van der Waals surface area contributed by atoms with Gasteiger partial charge in [0.2, 0.25) is 0 Å². The SMILES string of the molecule is Fc1ccc(Oc2ccccc2CBr)c(Br)c1. The molecule has 4 heteroatoms. The van der Waals surface area contributed by atoms with Gasteiger partial charge in [0.15, 0.2) is 0 Å². The standard InChI is InChI=1S/C13H9Br2FO/c14-8-9-3-1-2-4-12(9)17-13-6-5-10(16)7-11(13)15/h1-7H,8H2. The number of hydrogen-bond donors (Lipinski definition) is 0. The fourth-order valence-corrected chi connectivity index (χ4v) is 2.29. The number of para-hydroxylation sites is 1. The summed E-state index contributed by atoms with van der Waals surface area (Å²) >= 11 is 6.67. The van der Waals surface area contributed by atoms with Crippen LogP contribution in [0.1, 0.15) is 5.56 Å². The van der Waals surface area contributed by atoms with Crippen molar-refractivity contribution < 1.29 is 9.13 Å². The predicted molar refractivity (Wildman–Crippen MR) is 73.2 cm³/mol. The zero-order valence-electron chi connectivity index (χ0n) is 8.79. The van der Waals surface area contributed by atoms with Crippen molar-refractivity contribution in [3.05, 3.63) is 58.3 Å². The maximum absolute atomic E-state index is 12.9. The minimum absolute atomic E-state index is 0.294. The van der Waals surface area contributed by atoms with Crippen LogP contribution in [-0.2, 0) is 5.33 Å². The molecule has 0 fully saturated rings. The van der Waals surface area contributed by atoms with E-state index in [2.05, 4.69) is 31.9 Å². The molecule has 0 amide bonds. The van der Waals surface area contributed by atoms with Crippen molar-refractivity contribution in [1.82, 2.24) is 0 Å². The molecule has 1 nitrogen and oxygen atoms in total. The highest BCUT2D eigenvalue weighted by Crippen LogP contribution is 2.32. The van der Waals surface area contributed by atoms with E-state index in [4.69, 9.17) is 4.74 Å². The third-order valence-corrected chi connectivity index (χ3v) is 3.45. The molecular weight excluding hydrogens is 351 g/mol. The zero-order chi connectivity index (χ0) is 12.3. The van der Waals surface area contributed by atoms with Gasteiger partial charge in [0.25, 0.3) is 0 Å². The Morgan fingerprint density at radius 1 is 1.06 bits per heavy atom. The van der Waals surface area contributed by atoms with Crippen LogP contribution in [0.5, 0.6) is 11.5 Å². The molecule has 2 rings (SSSR count). The van der Waals surface area contributed by atoms with Gasteiger partial charge in [0.05, 0.1) is 4.47 Å². The molecule has 2 aromatic rings. The van der Waals surface area contributed by atoms with Gasteiger partial charge in [-0.15, -0.1) is 0 Å². The van der Waals surface area contributed by atoms with E-state index in [1.165, 1.54) is 12.1 Å². The topological polar surface area (TPSA) is 9.23 Å². The summed E-state index contributed by atoms with van der Waals surface area (Å²) in [5.41, 5.74) is 1.05. The van der Waals surface area contributed by atoms with Gasteiger partial charge in [-0.25, -0.2) is 4.39 Å². The van der Waals surface area contributed by atoms with Crippen molar-refractivity contribution in [3.8, 4) is 11.5 Å². The Bertz CT molecular complexity index is 529. The van der Waals surface area contributed by atoms with Gasteiger partial charge in [0, 0.05) is 10.9 Å². The smallest absolute Gasteiger partial charge is 0.141 e. The summed E-state index contributed by atoms with van der Waals surface area (Å²) in [7, 11) is 0. The third-order valence-electron chi connectivity index (χ3n) is 2.23. The van der Waals surface area contributed by atoms with E-state index in [9.17, 15) is 4.39 Å². The van der Waals surface area contributed by atoms with E-state index >= 15 is 0 Å². The maximum atomic E-state index is 12.9. The zero-order valence-corrected chi connectivity index (χ0v) is 12.0. The van der Waals surface area contributed by atoms with E-state index in [0.29, 0.717) is 15.6 Å². The largest absolute Gasteiger partial charge is 0.456 e. The fraction of sp³-hybridized carbons (Fsp3) is 0.0769. The second-order valence-corrected chi connectivity index (χ2v) is 4.83. The summed E-state index contributed by atoms with van der Waals surface area (Å²) < 4.78 is 19.3. The van der Waals surface area contributed by atoms with Crippen LogP contribution in [0.2, 0.25) is 0 Å². The molecule has 17 heavy (non-hydrogen) atoms. The number of alkyl halides is 1. The van der Waals surface area contributed by atoms with Gasteiger partial charge in [-0.2, -0.15) is 0 Å². The minimum Gasteiger partial charge on any atom is -0.456 e.